The Balaban J connectivity index is 2.19. The first-order chi connectivity index (χ1) is 11.8. The molecule has 2 N–H and O–H groups in total. The van der Waals surface area contributed by atoms with Crippen LogP contribution in [0, 0.1) is 17.5 Å². The van der Waals surface area contributed by atoms with Crippen LogP contribution in [-0.4, -0.2) is 35.3 Å². The van der Waals surface area contributed by atoms with E-state index in [9.17, 15) is 22.8 Å². The van der Waals surface area contributed by atoms with Crippen molar-refractivity contribution in [2.24, 2.45) is 5.10 Å². The van der Waals surface area contributed by atoms with Crippen LogP contribution in [0.15, 0.2) is 41.5 Å². The number of rotatable bonds is 4. The van der Waals surface area contributed by atoms with E-state index < -0.39 is 34.8 Å². The molecule has 0 aliphatic heterocycles. The number of nitrogens with zero attached hydrogens (tertiary/aromatic N) is 2. The smallest absolute Gasteiger partial charge is 0.276 e. The van der Waals surface area contributed by atoms with Gasteiger partial charge < -0.3 is 0 Å². The summed E-state index contributed by atoms with van der Waals surface area (Å²) in [5.74, 6) is -4.35. The molecule has 0 saturated heterocycles. The fourth-order valence-corrected chi connectivity index (χ4v) is 1.87. The molecule has 25 heavy (non-hydrogen) atoms. The second kappa shape index (κ2) is 7.58. The molecule has 0 heterocycles. The summed E-state index contributed by atoms with van der Waals surface area (Å²) < 4.78 is 40.6. The van der Waals surface area contributed by atoms with Crippen LogP contribution in [0.2, 0.25) is 0 Å². The molecule has 0 fully saturated rings. The maximum atomic E-state index is 13.9. The molecular weight excluding hydrogens is 339 g/mol. The molecule has 6 nitrogen and oxygen atoms in total. The summed E-state index contributed by atoms with van der Waals surface area (Å²) >= 11 is 0. The summed E-state index contributed by atoms with van der Waals surface area (Å²) in [7, 11) is 1.19. The molecule has 130 valence electrons. The number of nitrogens with one attached hydrogen (secondary N) is 1. The minimum Gasteiger partial charge on any atom is -0.288 e. The highest BCUT2D eigenvalue weighted by Crippen LogP contribution is 2.13. The lowest BCUT2D eigenvalue weighted by Gasteiger charge is -2.11. The fourth-order valence-electron chi connectivity index (χ4n) is 1.87. The predicted molar refractivity (Wildman–Crippen MR) is 81.7 cm³/mol. The summed E-state index contributed by atoms with van der Waals surface area (Å²) in [6.07, 6.45) is 0.977. The van der Waals surface area contributed by atoms with Gasteiger partial charge >= 0.3 is 0 Å². The van der Waals surface area contributed by atoms with Gasteiger partial charge in [-0.1, -0.05) is 0 Å². The van der Waals surface area contributed by atoms with Gasteiger partial charge in [0, 0.05) is 18.2 Å². The number of hydrazone groups is 1. The van der Waals surface area contributed by atoms with E-state index in [0.29, 0.717) is 5.01 Å². The molecule has 0 radical (unpaired) electrons. The molecular formula is C16H12F3N3O3. The number of carbonyl (C=O) groups is 2. The van der Waals surface area contributed by atoms with Crippen molar-refractivity contribution in [1.82, 2.24) is 10.5 Å². The highest BCUT2D eigenvalue weighted by Gasteiger charge is 2.16. The van der Waals surface area contributed by atoms with Gasteiger partial charge in [0.25, 0.3) is 11.8 Å². The lowest BCUT2D eigenvalue weighted by atomic mass is 10.1. The number of amides is 2. The molecule has 2 amide bonds. The molecule has 0 bridgehead atoms. The minimum atomic E-state index is -0.926. The van der Waals surface area contributed by atoms with Crippen molar-refractivity contribution in [1.29, 1.82) is 0 Å². The van der Waals surface area contributed by atoms with E-state index in [1.54, 1.807) is 0 Å². The minimum absolute atomic E-state index is 0.0612. The van der Waals surface area contributed by atoms with Crippen LogP contribution in [0.4, 0.5) is 13.2 Å². The van der Waals surface area contributed by atoms with Crippen molar-refractivity contribution >= 4 is 18.0 Å². The maximum Gasteiger partial charge on any atom is 0.276 e. The average Bonchev–Trinajstić information content (AvgIpc) is 2.61. The SMILES string of the molecule is CN(/N=C/c1ccc(C(=O)NO)cc1F)C(=O)c1cc(F)ccc1F. The van der Waals surface area contributed by atoms with Crippen LogP contribution in [-0.2, 0) is 0 Å². The highest BCUT2D eigenvalue weighted by atomic mass is 19.1. The molecule has 0 aromatic heterocycles. The van der Waals surface area contributed by atoms with E-state index in [1.807, 2.05) is 0 Å². The number of hydrogen-bond donors (Lipinski definition) is 2. The van der Waals surface area contributed by atoms with Crippen LogP contribution in [0.3, 0.4) is 0 Å². The van der Waals surface area contributed by atoms with E-state index >= 15 is 0 Å². The first-order valence-corrected chi connectivity index (χ1v) is 6.84. The normalized spacial score (nSPS) is 10.8. The van der Waals surface area contributed by atoms with Gasteiger partial charge in [0.05, 0.1) is 11.8 Å². The highest BCUT2D eigenvalue weighted by molar-refractivity contribution is 5.96. The van der Waals surface area contributed by atoms with E-state index in [0.717, 1.165) is 30.5 Å². The molecule has 2 rings (SSSR count). The van der Waals surface area contributed by atoms with Crippen molar-refractivity contribution < 1.29 is 28.0 Å². The Morgan fingerprint density at radius 1 is 1.12 bits per heavy atom. The number of halogens is 3. The van der Waals surface area contributed by atoms with Crippen molar-refractivity contribution in [2.45, 2.75) is 0 Å². The molecule has 2 aromatic rings. The summed E-state index contributed by atoms with van der Waals surface area (Å²) in [4.78, 5) is 23.2. The van der Waals surface area contributed by atoms with Gasteiger partial charge in [-0.25, -0.2) is 23.7 Å². The number of hydroxylamine groups is 1. The monoisotopic (exact) mass is 351 g/mol. The third kappa shape index (κ3) is 4.21. The molecule has 0 saturated carbocycles. The molecule has 0 spiro atoms. The summed E-state index contributed by atoms with van der Waals surface area (Å²) in [5, 5.41) is 12.9. The van der Waals surface area contributed by atoms with Crippen molar-refractivity contribution in [3.63, 3.8) is 0 Å². The third-order valence-corrected chi connectivity index (χ3v) is 3.19. The van der Waals surface area contributed by atoms with Crippen molar-refractivity contribution in [3.8, 4) is 0 Å². The standard InChI is InChI=1S/C16H12F3N3O3/c1-22(16(24)12-7-11(17)4-5-13(12)18)20-8-10-3-2-9(6-14(10)19)15(23)21-25/h2-8,25H,1H3,(H,21,23)/b20-8+. The van der Waals surface area contributed by atoms with E-state index in [2.05, 4.69) is 5.10 Å². The summed E-state index contributed by atoms with van der Waals surface area (Å²) in [6.45, 7) is 0. The zero-order valence-electron chi connectivity index (χ0n) is 12.8. The van der Waals surface area contributed by atoms with Crippen LogP contribution in [0.5, 0.6) is 0 Å². The largest absolute Gasteiger partial charge is 0.288 e. The van der Waals surface area contributed by atoms with Gasteiger partial charge in [-0.3, -0.25) is 14.8 Å². The first kappa shape index (κ1) is 18.1. The zero-order valence-corrected chi connectivity index (χ0v) is 12.8. The van der Waals surface area contributed by atoms with Gasteiger partial charge in [-0.15, -0.1) is 0 Å². The van der Waals surface area contributed by atoms with Gasteiger partial charge in [0.2, 0.25) is 0 Å². The molecule has 0 atom stereocenters. The Kier molecular flexibility index (Phi) is 5.50. The quantitative estimate of drug-likeness (QED) is 0.504. The zero-order chi connectivity index (χ0) is 18.6. The third-order valence-electron chi connectivity index (χ3n) is 3.19. The average molecular weight is 351 g/mol. The molecule has 9 heteroatoms. The van der Waals surface area contributed by atoms with Crippen LogP contribution in [0.1, 0.15) is 26.3 Å². The molecule has 0 aliphatic rings. The van der Waals surface area contributed by atoms with Crippen LogP contribution >= 0.6 is 0 Å². The topological polar surface area (TPSA) is 82.0 Å². The fraction of sp³-hybridized carbons (Fsp3) is 0.0625. The second-order valence-corrected chi connectivity index (χ2v) is 4.87. The van der Waals surface area contributed by atoms with E-state index in [-0.39, 0.29) is 11.1 Å². The Morgan fingerprint density at radius 2 is 1.84 bits per heavy atom. The molecule has 0 unspecified atom stereocenters. The van der Waals surface area contributed by atoms with Gasteiger partial charge in [0.1, 0.15) is 17.5 Å². The van der Waals surface area contributed by atoms with Crippen molar-refractivity contribution in [3.05, 3.63) is 70.5 Å². The van der Waals surface area contributed by atoms with Crippen LogP contribution < -0.4 is 5.48 Å². The second-order valence-electron chi connectivity index (χ2n) is 4.87. The summed E-state index contributed by atoms with van der Waals surface area (Å²) in [5.41, 5.74) is 0.661. The molecule has 0 aliphatic carbocycles. The van der Waals surface area contributed by atoms with E-state index in [4.69, 9.17) is 5.21 Å². The van der Waals surface area contributed by atoms with E-state index in [1.165, 1.54) is 24.7 Å². The Morgan fingerprint density at radius 3 is 2.48 bits per heavy atom. The number of carbonyl (C=O) groups excluding carboxylic acids is 2. The Hall–Kier alpha value is -3.20. The van der Waals surface area contributed by atoms with Gasteiger partial charge in [-0.2, -0.15) is 5.10 Å². The molecule has 2 aromatic carbocycles. The lowest BCUT2D eigenvalue weighted by molar-refractivity contribution is 0.0705. The lowest BCUT2D eigenvalue weighted by Crippen LogP contribution is -2.23. The number of benzene rings is 2. The van der Waals surface area contributed by atoms with Gasteiger partial charge in [0.15, 0.2) is 0 Å². The Labute approximate surface area is 140 Å². The first-order valence-electron chi connectivity index (χ1n) is 6.84. The van der Waals surface area contributed by atoms with Crippen molar-refractivity contribution in [2.75, 3.05) is 7.05 Å². The number of hydrogen-bond acceptors (Lipinski definition) is 4. The predicted octanol–water partition coefficient (Wildman–Crippen LogP) is 2.33. The van der Waals surface area contributed by atoms with Gasteiger partial charge in [-0.05, 0) is 36.4 Å². The Bertz CT molecular complexity index is 856. The van der Waals surface area contributed by atoms with Crippen LogP contribution in [0.25, 0.3) is 0 Å². The maximum absolute atomic E-state index is 13.9. The summed E-state index contributed by atoms with van der Waals surface area (Å²) in [6, 6.07) is 5.70.